The zero-order chi connectivity index (χ0) is 21.1. The number of carbonyl (C=O) groups is 1. The van der Waals surface area contributed by atoms with Gasteiger partial charge in [-0.3, -0.25) is 4.79 Å². The van der Waals surface area contributed by atoms with E-state index in [2.05, 4.69) is 46.9 Å². The maximum absolute atomic E-state index is 12.3. The molecule has 5 nitrogen and oxygen atoms in total. The number of carbonyl (C=O) groups excluding carboxylic acids is 1. The van der Waals surface area contributed by atoms with E-state index in [1.165, 1.54) is 0 Å². The van der Waals surface area contributed by atoms with Crippen molar-refractivity contribution in [3.05, 3.63) is 33.9 Å². The Balaban J connectivity index is 2.41. The summed E-state index contributed by atoms with van der Waals surface area (Å²) >= 11 is 1.55. The van der Waals surface area contributed by atoms with E-state index in [1.54, 1.807) is 16.7 Å². The number of phenols is 1. The minimum Gasteiger partial charge on any atom is -0.507 e. The summed E-state index contributed by atoms with van der Waals surface area (Å²) in [6.45, 7) is 14.4. The third-order valence-corrected chi connectivity index (χ3v) is 5.78. The van der Waals surface area contributed by atoms with Gasteiger partial charge in [-0.1, -0.05) is 53.3 Å². The number of nitrogens with zero attached hydrogens (tertiary/aromatic N) is 1. The number of benzene rings is 1. The summed E-state index contributed by atoms with van der Waals surface area (Å²) in [6, 6.07) is 4.06. The van der Waals surface area contributed by atoms with Gasteiger partial charge in [-0.2, -0.15) is 0 Å². The average molecular weight is 407 g/mol. The molecule has 0 unspecified atom stereocenters. The molecule has 1 amide bonds. The van der Waals surface area contributed by atoms with Crippen molar-refractivity contribution in [2.75, 3.05) is 32.0 Å². The molecule has 0 aliphatic carbocycles. The normalized spacial score (nSPS) is 17.0. The summed E-state index contributed by atoms with van der Waals surface area (Å²) in [5.41, 5.74) is 2.45. The number of amides is 1. The lowest BCUT2D eigenvalue weighted by Crippen LogP contribution is -2.33. The summed E-state index contributed by atoms with van der Waals surface area (Å²) in [5.74, 6) is 0.914. The van der Waals surface area contributed by atoms with Crippen molar-refractivity contribution in [2.45, 2.75) is 52.4 Å². The van der Waals surface area contributed by atoms with Crippen molar-refractivity contribution in [2.24, 2.45) is 0 Å². The quantitative estimate of drug-likeness (QED) is 0.631. The predicted molar refractivity (Wildman–Crippen MR) is 118 cm³/mol. The van der Waals surface area contributed by atoms with Gasteiger partial charge in [-0.25, -0.2) is 0 Å². The highest BCUT2D eigenvalue weighted by molar-refractivity contribution is 8.04. The van der Waals surface area contributed by atoms with Crippen LogP contribution in [-0.4, -0.2) is 53.0 Å². The molecule has 1 saturated heterocycles. The summed E-state index contributed by atoms with van der Waals surface area (Å²) in [4.78, 5) is 14.1. The van der Waals surface area contributed by atoms with Crippen LogP contribution in [0.5, 0.6) is 5.75 Å². The molecule has 6 heteroatoms. The summed E-state index contributed by atoms with van der Waals surface area (Å²) in [5, 5.41) is 23.8. The monoisotopic (exact) mass is 406 g/mol. The molecule has 0 spiro atoms. The molecule has 1 aliphatic rings. The molecule has 1 heterocycles. The second-order valence-electron chi connectivity index (χ2n) is 9.25. The SMILES string of the molecule is CC(C)(C)c1cc(C=C2SCC(=O)N2CCNCCO)cc(C(C)(C)C)c1O. The zero-order valence-corrected chi connectivity index (χ0v) is 18.7. The van der Waals surface area contributed by atoms with Crippen LogP contribution in [0.15, 0.2) is 17.2 Å². The summed E-state index contributed by atoms with van der Waals surface area (Å²) in [6.07, 6.45) is 2.05. The molecule has 0 atom stereocenters. The summed E-state index contributed by atoms with van der Waals surface area (Å²) < 4.78 is 0. The zero-order valence-electron chi connectivity index (χ0n) is 17.9. The fourth-order valence-corrected chi connectivity index (χ4v) is 4.19. The second-order valence-corrected chi connectivity index (χ2v) is 10.3. The Morgan fingerprint density at radius 2 is 1.68 bits per heavy atom. The van der Waals surface area contributed by atoms with Crippen LogP contribution in [0.1, 0.15) is 58.2 Å². The first-order valence-corrected chi connectivity index (χ1v) is 10.8. The fourth-order valence-electron chi connectivity index (χ4n) is 3.19. The number of aliphatic hydroxyl groups is 1. The minimum absolute atomic E-state index is 0.0874. The standard InChI is InChI=1S/C22H34N2O3S/c1-21(2,3)16-11-15(12-17(20(16)27)22(4,5)6)13-19-24(18(26)14-28-19)9-7-23-8-10-25/h11-13,23,25,27H,7-10,14H2,1-6H3. The Hall–Kier alpha value is -1.50. The van der Waals surface area contributed by atoms with Gasteiger partial charge >= 0.3 is 0 Å². The molecule has 0 aromatic heterocycles. The van der Waals surface area contributed by atoms with Crippen LogP contribution < -0.4 is 5.32 Å². The molecule has 28 heavy (non-hydrogen) atoms. The lowest BCUT2D eigenvalue weighted by atomic mass is 9.78. The Labute approximate surface area is 173 Å². The maximum atomic E-state index is 12.3. The van der Waals surface area contributed by atoms with Crippen LogP contribution in [0.3, 0.4) is 0 Å². The fraction of sp³-hybridized carbons (Fsp3) is 0.591. The third-order valence-electron chi connectivity index (χ3n) is 4.75. The summed E-state index contributed by atoms with van der Waals surface area (Å²) in [7, 11) is 0. The Morgan fingerprint density at radius 3 is 2.18 bits per heavy atom. The molecule has 1 fully saturated rings. The third kappa shape index (κ3) is 5.52. The van der Waals surface area contributed by atoms with E-state index in [1.807, 2.05) is 18.2 Å². The van der Waals surface area contributed by atoms with Gasteiger partial charge in [0.25, 0.3) is 0 Å². The maximum Gasteiger partial charge on any atom is 0.237 e. The highest BCUT2D eigenvalue weighted by Gasteiger charge is 2.28. The highest BCUT2D eigenvalue weighted by Crippen LogP contribution is 2.41. The number of thioether (sulfide) groups is 1. The van der Waals surface area contributed by atoms with Crippen molar-refractivity contribution in [1.29, 1.82) is 0 Å². The average Bonchev–Trinajstić information content (AvgIpc) is 2.91. The van der Waals surface area contributed by atoms with E-state index in [4.69, 9.17) is 5.11 Å². The lowest BCUT2D eigenvalue weighted by Gasteiger charge is -2.28. The largest absolute Gasteiger partial charge is 0.507 e. The van der Waals surface area contributed by atoms with Gasteiger partial charge in [-0.15, -0.1) is 0 Å². The number of phenolic OH excluding ortho intramolecular Hbond substituents is 1. The molecule has 1 aliphatic heterocycles. The first-order valence-electron chi connectivity index (χ1n) is 9.79. The first kappa shape index (κ1) is 22.8. The first-order chi connectivity index (χ1) is 12.9. The van der Waals surface area contributed by atoms with Crippen molar-refractivity contribution in [3.8, 4) is 5.75 Å². The second kappa shape index (κ2) is 8.89. The van der Waals surface area contributed by atoms with Gasteiger partial charge in [0, 0.05) is 30.8 Å². The molecule has 0 bridgehead atoms. The Morgan fingerprint density at radius 1 is 1.11 bits per heavy atom. The number of aliphatic hydroxyl groups excluding tert-OH is 1. The van der Waals surface area contributed by atoms with Crippen molar-refractivity contribution in [1.82, 2.24) is 10.2 Å². The van der Waals surface area contributed by atoms with Gasteiger partial charge < -0.3 is 20.4 Å². The number of nitrogens with one attached hydrogen (secondary N) is 1. The molecule has 2 rings (SSSR count). The molecular formula is C22H34N2O3S. The number of rotatable bonds is 6. The smallest absolute Gasteiger partial charge is 0.237 e. The molecule has 1 aromatic rings. The van der Waals surface area contributed by atoms with Crippen LogP contribution >= 0.6 is 11.8 Å². The predicted octanol–water partition coefficient (Wildman–Crippen LogP) is 3.44. The lowest BCUT2D eigenvalue weighted by molar-refractivity contribution is -0.125. The van der Waals surface area contributed by atoms with E-state index in [0.717, 1.165) is 21.7 Å². The van der Waals surface area contributed by atoms with E-state index < -0.39 is 0 Å². The number of hydrogen-bond acceptors (Lipinski definition) is 5. The van der Waals surface area contributed by atoms with Crippen molar-refractivity contribution < 1.29 is 15.0 Å². The minimum atomic E-state index is -0.189. The Kier molecular flexibility index (Phi) is 7.23. The van der Waals surface area contributed by atoms with Crippen molar-refractivity contribution >= 4 is 23.7 Å². The van der Waals surface area contributed by atoms with Gasteiger partial charge in [-0.05, 0) is 34.6 Å². The van der Waals surface area contributed by atoms with E-state index in [-0.39, 0.29) is 23.3 Å². The highest BCUT2D eigenvalue weighted by atomic mass is 32.2. The molecule has 0 radical (unpaired) electrons. The molecule has 156 valence electrons. The van der Waals surface area contributed by atoms with Crippen LogP contribution in [-0.2, 0) is 15.6 Å². The number of hydrogen-bond donors (Lipinski definition) is 3. The van der Waals surface area contributed by atoms with Crippen LogP contribution in [0.4, 0.5) is 0 Å². The van der Waals surface area contributed by atoms with Gasteiger partial charge in [0.1, 0.15) is 5.75 Å². The molecule has 1 aromatic carbocycles. The molecule has 0 saturated carbocycles. The topological polar surface area (TPSA) is 72.8 Å². The van der Waals surface area contributed by atoms with E-state index >= 15 is 0 Å². The van der Waals surface area contributed by atoms with E-state index in [9.17, 15) is 9.90 Å². The van der Waals surface area contributed by atoms with Crippen LogP contribution in [0.25, 0.3) is 6.08 Å². The van der Waals surface area contributed by atoms with Gasteiger partial charge in [0.15, 0.2) is 0 Å². The Bertz CT molecular complexity index is 710. The van der Waals surface area contributed by atoms with Crippen LogP contribution in [0, 0.1) is 0 Å². The molecular weight excluding hydrogens is 372 g/mol. The van der Waals surface area contributed by atoms with Gasteiger partial charge in [0.2, 0.25) is 5.91 Å². The molecule has 3 N–H and O–H groups in total. The number of aromatic hydroxyl groups is 1. The van der Waals surface area contributed by atoms with Gasteiger partial charge in [0.05, 0.1) is 17.4 Å². The van der Waals surface area contributed by atoms with Crippen LogP contribution in [0.2, 0.25) is 0 Å². The van der Waals surface area contributed by atoms with Crippen molar-refractivity contribution in [3.63, 3.8) is 0 Å². The van der Waals surface area contributed by atoms with E-state index in [0.29, 0.717) is 31.1 Å².